The SMILES string of the molecule is COCCC(NC(=O)CC1Oc2ccccc2NC1=O)C(=O)O. The molecule has 2 amide bonds. The Morgan fingerprint density at radius 1 is 1.43 bits per heavy atom. The fourth-order valence-electron chi connectivity index (χ4n) is 2.14. The third kappa shape index (κ3) is 4.43. The van der Waals surface area contributed by atoms with Gasteiger partial charge < -0.3 is 25.2 Å². The number of amides is 2. The first-order chi connectivity index (χ1) is 11.0. The van der Waals surface area contributed by atoms with Crippen molar-refractivity contribution in [2.24, 2.45) is 0 Å². The lowest BCUT2D eigenvalue weighted by molar-refractivity contribution is -0.142. The van der Waals surface area contributed by atoms with E-state index in [-0.39, 0.29) is 19.4 Å². The highest BCUT2D eigenvalue weighted by Crippen LogP contribution is 2.29. The molecule has 2 rings (SSSR count). The second-order valence-corrected chi connectivity index (χ2v) is 5.04. The molecule has 2 atom stereocenters. The van der Waals surface area contributed by atoms with Crippen LogP contribution in [0, 0.1) is 0 Å². The minimum absolute atomic E-state index is 0.137. The number of carbonyl (C=O) groups excluding carboxylic acids is 2. The number of para-hydroxylation sites is 2. The minimum Gasteiger partial charge on any atom is -0.480 e. The number of aliphatic carboxylic acids is 1. The summed E-state index contributed by atoms with van der Waals surface area (Å²) in [5.41, 5.74) is 0.540. The van der Waals surface area contributed by atoms with E-state index in [4.69, 9.17) is 14.6 Å². The number of anilines is 1. The summed E-state index contributed by atoms with van der Waals surface area (Å²) in [7, 11) is 1.44. The third-order valence-electron chi connectivity index (χ3n) is 3.32. The summed E-state index contributed by atoms with van der Waals surface area (Å²) in [6.07, 6.45) is -1.13. The van der Waals surface area contributed by atoms with Crippen LogP contribution >= 0.6 is 0 Å². The van der Waals surface area contributed by atoms with E-state index in [1.165, 1.54) is 7.11 Å². The molecule has 2 unspecified atom stereocenters. The molecule has 1 aromatic carbocycles. The molecule has 0 fully saturated rings. The molecule has 1 aliphatic rings. The molecule has 23 heavy (non-hydrogen) atoms. The van der Waals surface area contributed by atoms with Crippen LogP contribution in [0.5, 0.6) is 5.75 Å². The second kappa shape index (κ2) is 7.59. The van der Waals surface area contributed by atoms with Crippen molar-refractivity contribution in [2.45, 2.75) is 25.0 Å². The van der Waals surface area contributed by atoms with Crippen molar-refractivity contribution in [1.82, 2.24) is 5.32 Å². The van der Waals surface area contributed by atoms with Gasteiger partial charge in [0.05, 0.1) is 12.1 Å². The molecule has 1 aliphatic heterocycles. The Hall–Kier alpha value is -2.61. The van der Waals surface area contributed by atoms with E-state index < -0.39 is 29.9 Å². The van der Waals surface area contributed by atoms with Crippen molar-refractivity contribution in [3.63, 3.8) is 0 Å². The lowest BCUT2D eigenvalue weighted by atomic mass is 10.1. The van der Waals surface area contributed by atoms with Crippen molar-refractivity contribution in [3.05, 3.63) is 24.3 Å². The standard InChI is InChI=1S/C15H18N2O6/c1-22-7-6-10(15(20)21)16-13(18)8-12-14(19)17-9-4-2-3-5-11(9)23-12/h2-5,10,12H,6-8H2,1H3,(H,16,18)(H,17,19)(H,20,21). The van der Waals surface area contributed by atoms with Gasteiger partial charge in [0, 0.05) is 20.1 Å². The summed E-state index contributed by atoms with van der Waals surface area (Å²) in [6, 6.07) is 5.80. The zero-order valence-electron chi connectivity index (χ0n) is 12.6. The smallest absolute Gasteiger partial charge is 0.326 e. The summed E-state index contributed by atoms with van der Waals surface area (Å²) in [4.78, 5) is 35.0. The van der Waals surface area contributed by atoms with Crippen LogP contribution in [0.15, 0.2) is 24.3 Å². The van der Waals surface area contributed by atoms with Gasteiger partial charge in [0.1, 0.15) is 11.8 Å². The minimum atomic E-state index is -1.16. The molecule has 0 bridgehead atoms. The molecule has 8 heteroatoms. The fraction of sp³-hybridized carbons (Fsp3) is 0.400. The molecule has 0 aliphatic carbocycles. The molecule has 3 N–H and O–H groups in total. The molecule has 1 aromatic rings. The Balaban J connectivity index is 1.94. The van der Waals surface area contributed by atoms with Gasteiger partial charge >= 0.3 is 5.97 Å². The molecule has 1 heterocycles. The number of benzene rings is 1. The number of methoxy groups -OCH3 is 1. The molecular formula is C15H18N2O6. The number of ether oxygens (including phenoxy) is 2. The van der Waals surface area contributed by atoms with Crippen LogP contribution in [-0.2, 0) is 19.1 Å². The number of nitrogens with one attached hydrogen (secondary N) is 2. The fourth-order valence-corrected chi connectivity index (χ4v) is 2.14. The summed E-state index contributed by atoms with van der Waals surface area (Å²) >= 11 is 0. The van der Waals surface area contributed by atoms with Crippen molar-refractivity contribution in [3.8, 4) is 5.75 Å². The Morgan fingerprint density at radius 2 is 2.17 bits per heavy atom. The summed E-state index contributed by atoms with van der Waals surface area (Å²) in [6.45, 7) is 0.199. The molecule has 8 nitrogen and oxygen atoms in total. The lowest BCUT2D eigenvalue weighted by Crippen LogP contribution is -2.46. The maximum absolute atomic E-state index is 12.0. The lowest BCUT2D eigenvalue weighted by Gasteiger charge is -2.25. The summed E-state index contributed by atoms with van der Waals surface area (Å²) in [5, 5.41) is 14.1. The Morgan fingerprint density at radius 3 is 2.87 bits per heavy atom. The highest BCUT2D eigenvalue weighted by atomic mass is 16.5. The monoisotopic (exact) mass is 322 g/mol. The van der Waals surface area contributed by atoms with Crippen molar-refractivity contribution in [2.75, 3.05) is 19.0 Å². The van der Waals surface area contributed by atoms with Gasteiger partial charge in [0.15, 0.2) is 6.10 Å². The number of hydrogen-bond acceptors (Lipinski definition) is 5. The normalized spacial score (nSPS) is 17.4. The number of hydrogen-bond donors (Lipinski definition) is 3. The molecule has 0 saturated carbocycles. The van der Waals surface area contributed by atoms with E-state index in [9.17, 15) is 14.4 Å². The van der Waals surface area contributed by atoms with Gasteiger partial charge in [-0.2, -0.15) is 0 Å². The predicted molar refractivity (Wildman–Crippen MR) is 80.2 cm³/mol. The van der Waals surface area contributed by atoms with E-state index in [1.807, 2.05) is 0 Å². The molecular weight excluding hydrogens is 304 g/mol. The number of fused-ring (bicyclic) bond motifs is 1. The molecule has 0 aromatic heterocycles. The van der Waals surface area contributed by atoms with Crippen molar-refractivity contribution >= 4 is 23.5 Å². The largest absolute Gasteiger partial charge is 0.480 e. The maximum atomic E-state index is 12.0. The van der Waals surface area contributed by atoms with Gasteiger partial charge in [-0.1, -0.05) is 12.1 Å². The zero-order valence-corrected chi connectivity index (χ0v) is 12.6. The van der Waals surface area contributed by atoms with Gasteiger partial charge in [-0.25, -0.2) is 4.79 Å². The first kappa shape index (κ1) is 16.8. The van der Waals surface area contributed by atoms with Crippen LogP contribution in [0.25, 0.3) is 0 Å². The molecule has 0 radical (unpaired) electrons. The van der Waals surface area contributed by atoms with Crippen LogP contribution < -0.4 is 15.4 Å². The van der Waals surface area contributed by atoms with Gasteiger partial charge in [0.2, 0.25) is 5.91 Å². The topological polar surface area (TPSA) is 114 Å². The van der Waals surface area contributed by atoms with E-state index in [2.05, 4.69) is 10.6 Å². The van der Waals surface area contributed by atoms with E-state index >= 15 is 0 Å². The Labute approximate surface area is 132 Å². The van der Waals surface area contributed by atoms with Crippen LogP contribution in [0.2, 0.25) is 0 Å². The van der Waals surface area contributed by atoms with Crippen LogP contribution in [-0.4, -0.2) is 48.8 Å². The van der Waals surface area contributed by atoms with Gasteiger partial charge in [-0.15, -0.1) is 0 Å². The number of carbonyl (C=O) groups is 3. The number of rotatable bonds is 7. The molecule has 0 saturated heterocycles. The van der Waals surface area contributed by atoms with Gasteiger partial charge in [-0.3, -0.25) is 9.59 Å². The second-order valence-electron chi connectivity index (χ2n) is 5.04. The van der Waals surface area contributed by atoms with Crippen molar-refractivity contribution in [1.29, 1.82) is 0 Å². The van der Waals surface area contributed by atoms with E-state index in [0.717, 1.165) is 0 Å². The Bertz CT molecular complexity index is 603. The molecule has 0 spiro atoms. The third-order valence-corrected chi connectivity index (χ3v) is 3.32. The van der Waals surface area contributed by atoms with Crippen LogP contribution in [0.1, 0.15) is 12.8 Å². The van der Waals surface area contributed by atoms with Crippen LogP contribution in [0.3, 0.4) is 0 Å². The number of carboxylic acid groups (broad SMARTS) is 1. The predicted octanol–water partition coefficient (Wildman–Crippen LogP) is 0.382. The van der Waals surface area contributed by atoms with Crippen LogP contribution in [0.4, 0.5) is 5.69 Å². The molecule has 124 valence electrons. The maximum Gasteiger partial charge on any atom is 0.326 e. The van der Waals surface area contributed by atoms with Gasteiger partial charge in [0.25, 0.3) is 5.91 Å². The summed E-state index contributed by atoms with van der Waals surface area (Å²) in [5.74, 6) is -1.70. The quantitative estimate of drug-likeness (QED) is 0.669. The van der Waals surface area contributed by atoms with E-state index in [0.29, 0.717) is 11.4 Å². The zero-order chi connectivity index (χ0) is 16.8. The summed E-state index contributed by atoms with van der Waals surface area (Å²) < 4.78 is 10.3. The average Bonchev–Trinajstić information content (AvgIpc) is 2.51. The first-order valence-electron chi connectivity index (χ1n) is 7.09. The average molecular weight is 322 g/mol. The number of carboxylic acids is 1. The first-order valence-corrected chi connectivity index (χ1v) is 7.09. The highest BCUT2D eigenvalue weighted by Gasteiger charge is 2.30. The van der Waals surface area contributed by atoms with Gasteiger partial charge in [-0.05, 0) is 12.1 Å². The Kier molecular flexibility index (Phi) is 5.53. The van der Waals surface area contributed by atoms with Crippen molar-refractivity contribution < 1.29 is 29.0 Å². The van der Waals surface area contributed by atoms with E-state index in [1.54, 1.807) is 24.3 Å². The highest BCUT2D eigenvalue weighted by molar-refractivity contribution is 6.00.